The van der Waals surface area contributed by atoms with Gasteiger partial charge in [-0.2, -0.15) is 0 Å². The van der Waals surface area contributed by atoms with Gasteiger partial charge < -0.3 is 9.47 Å². The maximum atomic E-state index is 12.4. The van der Waals surface area contributed by atoms with Crippen molar-refractivity contribution in [3.05, 3.63) is 62.6 Å². The van der Waals surface area contributed by atoms with E-state index >= 15 is 0 Å². The first kappa shape index (κ1) is 16.2. The van der Waals surface area contributed by atoms with Gasteiger partial charge in [-0.15, -0.1) is 0 Å². The number of rotatable bonds is 3. The first-order valence-corrected chi connectivity index (χ1v) is 7.94. The number of carbonyl (C=O) groups is 1. The number of halogens is 3. The van der Waals surface area contributed by atoms with E-state index in [0.29, 0.717) is 50.9 Å². The molecule has 0 atom stereocenters. The minimum Gasteiger partial charge on any atom is -0.486 e. The molecule has 0 saturated heterocycles. The van der Waals surface area contributed by atoms with Crippen LogP contribution in [0.4, 0.5) is 0 Å². The lowest BCUT2D eigenvalue weighted by atomic mass is 10.1. The van der Waals surface area contributed by atoms with E-state index in [1.807, 2.05) is 0 Å². The normalized spacial score (nSPS) is 13.3. The van der Waals surface area contributed by atoms with Gasteiger partial charge in [0.1, 0.15) is 13.2 Å². The largest absolute Gasteiger partial charge is 0.486 e. The Morgan fingerprint density at radius 2 is 1.65 bits per heavy atom. The van der Waals surface area contributed by atoms with Crippen LogP contribution in [0.3, 0.4) is 0 Å². The fourth-order valence-electron chi connectivity index (χ4n) is 2.14. The van der Waals surface area contributed by atoms with Crippen molar-refractivity contribution >= 4 is 46.7 Å². The van der Waals surface area contributed by atoms with Crippen molar-refractivity contribution in [2.75, 3.05) is 13.2 Å². The Morgan fingerprint density at radius 1 is 0.957 bits per heavy atom. The molecule has 2 aromatic rings. The fraction of sp³-hybridized carbons (Fsp3) is 0.118. The van der Waals surface area contributed by atoms with Gasteiger partial charge in [-0.25, -0.2) is 0 Å². The number of fused-ring (bicyclic) bond motifs is 1. The third-order valence-corrected chi connectivity index (χ3v) is 4.15. The van der Waals surface area contributed by atoms with Crippen LogP contribution in [0.25, 0.3) is 6.08 Å². The van der Waals surface area contributed by atoms with Gasteiger partial charge in [0, 0.05) is 21.7 Å². The molecule has 0 bridgehead atoms. The highest BCUT2D eigenvalue weighted by atomic mass is 35.5. The van der Waals surface area contributed by atoms with Crippen molar-refractivity contribution in [1.82, 2.24) is 0 Å². The van der Waals surface area contributed by atoms with Gasteiger partial charge in [0.15, 0.2) is 17.3 Å². The van der Waals surface area contributed by atoms with Crippen LogP contribution in [-0.4, -0.2) is 19.0 Å². The molecule has 1 heterocycles. The zero-order valence-corrected chi connectivity index (χ0v) is 14.1. The molecule has 1 aliphatic heterocycles. The van der Waals surface area contributed by atoms with E-state index in [-0.39, 0.29) is 5.78 Å². The summed E-state index contributed by atoms with van der Waals surface area (Å²) < 4.78 is 10.9. The SMILES string of the molecule is O=C(C=Cc1ccc(Cl)cc1Cl)c1cc2c(cc1Cl)OCCO2. The summed E-state index contributed by atoms with van der Waals surface area (Å²) in [6.45, 7) is 0.907. The topological polar surface area (TPSA) is 35.5 Å². The third kappa shape index (κ3) is 3.63. The molecule has 23 heavy (non-hydrogen) atoms. The Hall–Kier alpha value is -1.68. The van der Waals surface area contributed by atoms with Crippen molar-refractivity contribution in [2.24, 2.45) is 0 Å². The van der Waals surface area contributed by atoms with Crippen molar-refractivity contribution in [2.45, 2.75) is 0 Å². The second kappa shape index (κ2) is 6.83. The molecule has 0 spiro atoms. The number of benzene rings is 2. The molecule has 3 nitrogen and oxygen atoms in total. The highest BCUT2D eigenvalue weighted by Crippen LogP contribution is 2.35. The molecule has 0 N–H and O–H groups in total. The highest BCUT2D eigenvalue weighted by Gasteiger charge is 2.17. The van der Waals surface area contributed by atoms with Gasteiger partial charge in [-0.05, 0) is 35.9 Å². The smallest absolute Gasteiger partial charge is 0.187 e. The Balaban J connectivity index is 1.87. The summed E-state index contributed by atoms with van der Waals surface area (Å²) in [6, 6.07) is 8.23. The maximum Gasteiger partial charge on any atom is 0.187 e. The van der Waals surface area contributed by atoms with Crippen LogP contribution in [-0.2, 0) is 0 Å². The maximum absolute atomic E-state index is 12.4. The summed E-state index contributed by atoms with van der Waals surface area (Å²) in [5.41, 5.74) is 1.04. The molecule has 3 rings (SSSR count). The zero-order valence-electron chi connectivity index (χ0n) is 11.8. The first-order chi connectivity index (χ1) is 11.0. The van der Waals surface area contributed by atoms with Gasteiger partial charge in [-0.3, -0.25) is 4.79 Å². The lowest BCUT2D eigenvalue weighted by molar-refractivity contribution is 0.104. The van der Waals surface area contributed by atoms with Gasteiger partial charge in [0.2, 0.25) is 0 Å². The molecular weight excluding hydrogens is 359 g/mol. The molecule has 0 amide bonds. The van der Waals surface area contributed by atoms with E-state index in [4.69, 9.17) is 44.3 Å². The molecule has 0 unspecified atom stereocenters. The van der Waals surface area contributed by atoms with Crippen LogP contribution >= 0.6 is 34.8 Å². The van der Waals surface area contributed by atoms with E-state index in [2.05, 4.69) is 0 Å². The lowest BCUT2D eigenvalue weighted by Crippen LogP contribution is -2.16. The van der Waals surface area contributed by atoms with Crippen LogP contribution in [0, 0.1) is 0 Å². The summed E-state index contributed by atoms with van der Waals surface area (Å²) in [5.74, 6) is 0.808. The van der Waals surface area contributed by atoms with Gasteiger partial charge >= 0.3 is 0 Å². The van der Waals surface area contributed by atoms with Crippen molar-refractivity contribution in [3.8, 4) is 11.5 Å². The van der Waals surface area contributed by atoms with Crippen molar-refractivity contribution in [1.29, 1.82) is 0 Å². The Bertz CT molecular complexity index is 800. The standard InChI is InChI=1S/C17H11Cl3O3/c18-11-3-1-10(13(19)7-11)2-4-15(21)12-8-16-17(9-14(12)20)23-6-5-22-16/h1-4,7-9H,5-6H2. The van der Waals surface area contributed by atoms with Crippen LogP contribution in [0.15, 0.2) is 36.4 Å². The number of allylic oxidation sites excluding steroid dienone is 1. The van der Waals surface area contributed by atoms with Crippen molar-refractivity contribution < 1.29 is 14.3 Å². The average Bonchev–Trinajstić information content (AvgIpc) is 2.53. The van der Waals surface area contributed by atoms with Gasteiger partial charge in [0.05, 0.1) is 5.02 Å². The number of hydrogen-bond donors (Lipinski definition) is 0. The number of ether oxygens (including phenoxy) is 2. The van der Waals surface area contributed by atoms with E-state index in [1.54, 1.807) is 36.4 Å². The number of ketones is 1. The van der Waals surface area contributed by atoms with Crippen LogP contribution in [0.2, 0.25) is 15.1 Å². The van der Waals surface area contributed by atoms with E-state index in [9.17, 15) is 4.79 Å². The van der Waals surface area contributed by atoms with Crippen LogP contribution in [0.1, 0.15) is 15.9 Å². The second-order valence-corrected chi connectivity index (χ2v) is 6.09. The Kier molecular flexibility index (Phi) is 4.81. The summed E-state index contributed by atoms with van der Waals surface area (Å²) in [5, 5.41) is 1.31. The van der Waals surface area contributed by atoms with E-state index in [1.165, 1.54) is 6.08 Å². The van der Waals surface area contributed by atoms with Crippen molar-refractivity contribution in [3.63, 3.8) is 0 Å². The molecule has 6 heteroatoms. The molecule has 0 aromatic heterocycles. The van der Waals surface area contributed by atoms with Gasteiger partial charge in [0.25, 0.3) is 0 Å². The predicted molar refractivity (Wildman–Crippen MR) is 92.3 cm³/mol. The average molecular weight is 370 g/mol. The molecule has 0 radical (unpaired) electrons. The number of hydrogen-bond acceptors (Lipinski definition) is 3. The quantitative estimate of drug-likeness (QED) is 0.543. The van der Waals surface area contributed by atoms with E-state index < -0.39 is 0 Å². The minimum absolute atomic E-state index is 0.252. The predicted octanol–water partition coefficient (Wildman–Crippen LogP) is 5.31. The van der Waals surface area contributed by atoms with Crippen LogP contribution < -0.4 is 9.47 Å². The molecule has 2 aromatic carbocycles. The Morgan fingerprint density at radius 3 is 2.35 bits per heavy atom. The molecule has 118 valence electrons. The lowest BCUT2D eigenvalue weighted by Gasteiger charge is -2.19. The monoisotopic (exact) mass is 368 g/mol. The first-order valence-electron chi connectivity index (χ1n) is 6.81. The zero-order chi connectivity index (χ0) is 16.4. The van der Waals surface area contributed by atoms with Crippen LogP contribution in [0.5, 0.6) is 11.5 Å². The summed E-state index contributed by atoms with van der Waals surface area (Å²) >= 11 is 18.1. The molecule has 0 fully saturated rings. The molecule has 0 saturated carbocycles. The molecule has 1 aliphatic rings. The van der Waals surface area contributed by atoms with E-state index in [0.717, 1.165) is 0 Å². The Labute approximate surface area is 148 Å². The summed E-state index contributed by atoms with van der Waals surface area (Å²) in [7, 11) is 0. The van der Waals surface area contributed by atoms with Gasteiger partial charge in [-0.1, -0.05) is 40.9 Å². The molecule has 0 aliphatic carbocycles. The summed E-state index contributed by atoms with van der Waals surface area (Å²) in [6.07, 6.45) is 3.03. The highest BCUT2D eigenvalue weighted by molar-refractivity contribution is 6.36. The second-order valence-electron chi connectivity index (χ2n) is 4.84. The molecular formula is C17H11Cl3O3. The fourth-order valence-corrected chi connectivity index (χ4v) is 2.86. The summed E-state index contributed by atoms with van der Waals surface area (Å²) in [4.78, 5) is 12.4. The minimum atomic E-state index is -0.252. The number of carbonyl (C=O) groups excluding carboxylic acids is 1. The third-order valence-electron chi connectivity index (χ3n) is 3.27.